The van der Waals surface area contributed by atoms with Gasteiger partial charge in [-0.05, 0) is 38.8 Å². The average molecular weight is 349 g/mol. The lowest BCUT2D eigenvalue weighted by Gasteiger charge is -2.02. The van der Waals surface area contributed by atoms with Crippen molar-refractivity contribution in [2.75, 3.05) is 0 Å². The predicted molar refractivity (Wildman–Crippen MR) is 120 cm³/mol. The molecule has 3 aromatic rings. The van der Waals surface area contributed by atoms with E-state index in [9.17, 15) is 0 Å². The van der Waals surface area contributed by atoms with Crippen LogP contribution in [-0.2, 0) is 0 Å². The van der Waals surface area contributed by atoms with E-state index in [0.717, 1.165) is 0 Å². The van der Waals surface area contributed by atoms with Crippen molar-refractivity contribution in [3.63, 3.8) is 0 Å². The minimum absolute atomic E-state index is 0. The monoisotopic (exact) mass is 348 g/mol. The molecule has 26 heavy (non-hydrogen) atoms. The number of rotatable bonds is 1. The molecule has 0 heterocycles. The van der Waals surface area contributed by atoms with Gasteiger partial charge in [0.15, 0.2) is 0 Å². The number of benzene rings is 3. The number of hydrogen-bond donors (Lipinski definition) is 0. The van der Waals surface area contributed by atoms with Crippen molar-refractivity contribution in [2.45, 2.75) is 55.4 Å². The Hall–Kier alpha value is -2.34. The largest absolute Gasteiger partial charge is 0.0776 e. The zero-order chi connectivity index (χ0) is 18.7. The highest BCUT2D eigenvalue weighted by molar-refractivity contribution is 5.63. The molecule has 3 rings (SSSR count). The summed E-state index contributed by atoms with van der Waals surface area (Å²) in [5.41, 5.74) is 7.85. The Kier molecular flexibility index (Phi) is 11.8. The third kappa shape index (κ3) is 9.22. The van der Waals surface area contributed by atoms with Crippen LogP contribution in [0.15, 0.2) is 72.8 Å². The van der Waals surface area contributed by atoms with Gasteiger partial charge in [0.1, 0.15) is 0 Å². The molecule has 0 fully saturated rings. The molecule has 0 heteroatoms. The summed E-state index contributed by atoms with van der Waals surface area (Å²) in [6.45, 7) is 12.7. The van der Waals surface area contributed by atoms with Gasteiger partial charge in [-0.3, -0.25) is 0 Å². The molecule has 0 unspecified atom stereocenters. The quantitative estimate of drug-likeness (QED) is 0.414. The summed E-state index contributed by atoms with van der Waals surface area (Å²) in [5.74, 6) is 0. The van der Waals surface area contributed by atoms with Gasteiger partial charge >= 0.3 is 0 Å². The molecule has 0 aliphatic carbocycles. The Morgan fingerprint density at radius 1 is 0.423 bits per heavy atom. The van der Waals surface area contributed by atoms with Crippen LogP contribution < -0.4 is 0 Å². The molecule has 3 aromatic carbocycles. The van der Waals surface area contributed by atoms with Crippen LogP contribution in [0.25, 0.3) is 11.1 Å². The van der Waals surface area contributed by atoms with E-state index in [-0.39, 0.29) is 7.43 Å². The standard InChI is InChI=1S/C14H14.C8H10.C3H8.CH4/c1-11-3-7-13(8-4-11)14-9-5-12(2)6-10-14;1-7-3-5-8(2)6-4-7;1-3-2;/h3-10H,1-2H3;3-6H,1-2H3;3H2,1-2H3;1H4. The third-order valence-corrected chi connectivity index (χ3v) is 3.65. The molecule has 0 saturated carbocycles. The first-order valence-corrected chi connectivity index (χ1v) is 9.13. The summed E-state index contributed by atoms with van der Waals surface area (Å²) in [6.07, 6.45) is 1.25. The van der Waals surface area contributed by atoms with E-state index in [0.29, 0.717) is 0 Å². The minimum Gasteiger partial charge on any atom is -0.0776 e. The van der Waals surface area contributed by atoms with Crippen LogP contribution in [0.5, 0.6) is 0 Å². The molecule has 0 radical (unpaired) electrons. The van der Waals surface area contributed by atoms with Crippen molar-refractivity contribution in [2.24, 2.45) is 0 Å². The second kappa shape index (κ2) is 12.9. The molecule has 140 valence electrons. The molecular weight excluding hydrogens is 312 g/mol. The predicted octanol–water partition coefficient (Wildman–Crippen LogP) is 8.33. The lowest BCUT2D eigenvalue weighted by atomic mass is 10.0. The van der Waals surface area contributed by atoms with Crippen molar-refractivity contribution in [1.29, 1.82) is 0 Å². The van der Waals surface area contributed by atoms with Gasteiger partial charge in [-0.1, -0.05) is 123 Å². The molecule has 0 saturated heterocycles. The Labute approximate surface area is 161 Å². The van der Waals surface area contributed by atoms with E-state index in [1.54, 1.807) is 0 Å². The Balaban J connectivity index is 0.000000445. The van der Waals surface area contributed by atoms with Crippen LogP contribution in [0.1, 0.15) is 49.9 Å². The highest BCUT2D eigenvalue weighted by Crippen LogP contribution is 2.19. The summed E-state index contributed by atoms with van der Waals surface area (Å²) < 4.78 is 0. The van der Waals surface area contributed by atoms with Crippen LogP contribution in [0.2, 0.25) is 0 Å². The van der Waals surface area contributed by atoms with Crippen molar-refractivity contribution in [3.8, 4) is 11.1 Å². The molecule has 0 amide bonds. The fraction of sp³-hybridized carbons (Fsp3) is 0.308. The molecule has 0 spiro atoms. The van der Waals surface area contributed by atoms with Crippen molar-refractivity contribution < 1.29 is 0 Å². The summed E-state index contributed by atoms with van der Waals surface area (Å²) in [4.78, 5) is 0. The van der Waals surface area contributed by atoms with Crippen LogP contribution in [0.3, 0.4) is 0 Å². The van der Waals surface area contributed by atoms with Gasteiger partial charge in [0.2, 0.25) is 0 Å². The Morgan fingerprint density at radius 3 is 0.769 bits per heavy atom. The van der Waals surface area contributed by atoms with Crippen LogP contribution >= 0.6 is 0 Å². The van der Waals surface area contributed by atoms with E-state index < -0.39 is 0 Å². The van der Waals surface area contributed by atoms with E-state index in [1.807, 2.05) is 0 Å². The molecule has 0 aromatic heterocycles. The first kappa shape index (κ1) is 23.7. The summed E-state index contributed by atoms with van der Waals surface area (Å²) in [5, 5.41) is 0. The second-order valence-corrected chi connectivity index (χ2v) is 6.59. The number of aryl methyl sites for hydroxylation is 4. The number of hydrogen-bond acceptors (Lipinski definition) is 0. The molecule has 0 aliphatic heterocycles. The minimum atomic E-state index is 0. The zero-order valence-electron chi connectivity index (χ0n) is 16.6. The molecule has 0 aliphatic rings. The normalized spacial score (nSPS) is 9.00. The maximum Gasteiger partial charge on any atom is -0.0184 e. The second-order valence-electron chi connectivity index (χ2n) is 6.59. The van der Waals surface area contributed by atoms with Crippen LogP contribution in [-0.4, -0.2) is 0 Å². The van der Waals surface area contributed by atoms with E-state index in [2.05, 4.69) is 114 Å². The van der Waals surface area contributed by atoms with Gasteiger partial charge in [-0.15, -0.1) is 0 Å². The first-order chi connectivity index (χ1) is 12.0. The average Bonchev–Trinajstić information content (AvgIpc) is 2.60. The van der Waals surface area contributed by atoms with Crippen molar-refractivity contribution >= 4 is 0 Å². The summed E-state index contributed by atoms with van der Waals surface area (Å²) in [6, 6.07) is 25.7. The summed E-state index contributed by atoms with van der Waals surface area (Å²) >= 11 is 0. The van der Waals surface area contributed by atoms with E-state index in [1.165, 1.54) is 39.8 Å². The van der Waals surface area contributed by atoms with E-state index in [4.69, 9.17) is 0 Å². The molecule has 0 atom stereocenters. The van der Waals surface area contributed by atoms with Gasteiger partial charge in [0.05, 0.1) is 0 Å². The highest BCUT2D eigenvalue weighted by Gasteiger charge is 1.95. The lowest BCUT2D eigenvalue weighted by Crippen LogP contribution is -1.78. The Morgan fingerprint density at radius 2 is 0.577 bits per heavy atom. The van der Waals surface area contributed by atoms with Gasteiger partial charge in [-0.25, -0.2) is 0 Å². The summed E-state index contributed by atoms with van der Waals surface area (Å²) in [7, 11) is 0. The van der Waals surface area contributed by atoms with Gasteiger partial charge in [-0.2, -0.15) is 0 Å². The smallest absolute Gasteiger partial charge is 0.0184 e. The van der Waals surface area contributed by atoms with Crippen molar-refractivity contribution in [1.82, 2.24) is 0 Å². The zero-order valence-corrected chi connectivity index (χ0v) is 16.6. The fourth-order valence-corrected chi connectivity index (χ4v) is 2.13. The van der Waals surface area contributed by atoms with Crippen molar-refractivity contribution in [3.05, 3.63) is 95.1 Å². The Bertz CT molecular complexity index is 637. The lowest BCUT2D eigenvalue weighted by molar-refractivity contribution is 1.09. The van der Waals surface area contributed by atoms with E-state index >= 15 is 0 Å². The molecule has 0 N–H and O–H groups in total. The maximum atomic E-state index is 2.17. The first-order valence-electron chi connectivity index (χ1n) is 9.13. The SMILES string of the molecule is C.CCC.Cc1ccc(-c2ccc(C)cc2)cc1.Cc1ccc(C)cc1. The van der Waals surface area contributed by atoms with Crippen LogP contribution in [0, 0.1) is 27.7 Å². The van der Waals surface area contributed by atoms with Gasteiger partial charge in [0.25, 0.3) is 0 Å². The fourth-order valence-electron chi connectivity index (χ4n) is 2.13. The topological polar surface area (TPSA) is 0 Å². The maximum absolute atomic E-state index is 2.17. The molecule has 0 nitrogen and oxygen atoms in total. The molecule has 0 bridgehead atoms. The molecular formula is C26H36. The van der Waals surface area contributed by atoms with Crippen LogP contribution in [0.4, 0.5) is 0 Å². The van der Waals surface area contributed by atoms with Gasteiger partial charge in [0, 0.05) is 0 Å². The third-order valence-electron chi connectivity index (χ3n) is 3.65. The van der Waals surface area contributed by atoms with Gasteiger partial charge < -0.3 is 0 Å². The highest BCUT2D eigenvalue weighted by atomic mass is 14.0.